The van der Waals surface area contributed by atoms with Gasteiger partial charge < -0.3 is 9.84 Å². The van der Waals surface area contributed by atoms with Gasteiger partial charge in [-0.1, -0.05) is 11.8 Å². The molecule has 0 radical (unpaired) electrons. The van der Waals surface area contributed by atoms with E-state index in [1.54, 1.807) is 0 Å². The Morgan fingerprint density at radius 2 is 1.88 bits per heavy atom. The van der Waals surface area contributed by atoms with Crippen molar-refractivity contribution in [1.29, 1.82) is 0 Å². The van der Waals surface area contributed by atoms with E-state index in [-0.39, 0.29) is 6.10 Å². The summed E-state index contributed by atoms with van der Waals surface area (Å²) in [6.45, 7) is 8.14. The highest BCUT2D eigenvalue weighted by Gasteiger charge is 2.08. The van der Waals surface area contributed by atoms with Crippen LogP contribution in [0.4, 0.5) is 0 Å². The fraction of sp³-hybridized carbons (Fsp3) is 0.667. The second-order valence-electron chi connectivity index (χ2n) is 4.28. The molecular weight excluding hydrogens is 236 g/mol. The summed E-state index contributed by atoms with van der Waals surface area (Å²) in [4.78, 5) is 8.60. The highest BCUT2D eigenvalue weighted by atomic mass is 32.2. The summed E-state index contributed by atoms with van der Waals surface area (Å²) < 4.78 is 5.34. The molecule has 0 aliphatic rings. The molecule has 1 atom stereocenters. The van der Waals surface area contributed by atoms with Crippen molar-refractivity contribution in [3.8, 4) is 0 Å². The molecule has 1 aromatic heterocycles. The molecule has 1 N–H and O–H groups in total. The van der Waals surface area contributed by atoms with Gasteiger partial charge in [0.2, 0.25) is 0 Å². The zero-order valence-corrected chi connectivity index (χ0v) is 11.6. The van der Waals surface area contributed by atoms with E-state index in [0.29, 0.717) is 17.5 Å². The zero-order chi connectivity index (χ0) is 12.8. The lowest BCUT2D eigenvalue weighted by atomic mass is 10.4. The van der Waals surface area contributed by atoms with Crippen LogP contribution < -0.4 is 0 Å². The van der Waals surface area contributed by atoms with Gasteiger partial charge in [-0.15, -0.1) is 0 Å². The molecular formula is C12H20N2O2S. The number of hydrogen-bond acceptors (Lipinski definition) is 5. The van der Waals surface area contributed by atoms with Gasteiger partial charge in [0, 0.05) is 17.1 Å². The summed E-state index contributed by atoms with van der Waals surface area (Å²) in [6, 6.07) is 1.93. The Hall–Kier alpha value is -0.650. The van der Waals surface area contributed by atoms with Gasteiger partial charge in [0.05, 0.1) is 18.8 Å². The molecule has 0 amide bonds. The van der Waals surface area contributed by atoms with Gasteiger partial charge in [0.25, 0.3) is 0 Å². The van der Waals surface area contributed by atoms with Crippen molar-refractivity contribution in [2.45, 2.75) is 45.1 Å². The molecule has 0 saturated carbocycles. The van der Waals surface area contributed by atoms with Crippen LogP contribution in [0.1, 0.15) is 25.2 Å². The molecule has 0 saturated heterocycles. The minimum Gasteiger partial charge on any atom is -0.390 e. The minimum atomic E-state index is -0.480. The number of rotatable bonds is 6. The van der Waals surface area contributed by atoms with Crippen molar-refractivity contribution in [2.75, 3.05) is 12.4 Å². The van der Waals surface area contributed by atoms with Gasteiger partial charge in [0.15, 0.2) is 5.16 Å². The van der Waals surface area contributed by atoms with Crippen LogP contribution in [-0.2, 0) is 4.74 Å². The number of hydrogen-bond donors (Lipinski definition) is 1. The van der Waals surface area contributed by atoms with Crippen LogP contribution in [0.15, 0.2) is 11.2 Å². The van der Waals surface area contributed by atoms with E-state index in [1.165, 1.54) is 11.8 Å². The summed E-state index contributed by atoms with van der Waals surface area (Å²) in [6.07, 6.45) is -0.334. The number of thioether (sulfide) groups is 1. The average Bonchev–Trinajstić information content (AvgIpc) is 2.22. The molecule has 0 aromatic carbocycles. The van der Waals surface area contributed by atoms with Crippen molar-refractivity contribution in [2.24, 2.45) is 0 Å². The highest BCUT2D eigenvalue weighted by Crippen LogP contribution is 2.15. The SMILES string of the molecule is Cc1cc(C)nc(SC[C@H](O)COC(C)C)n1. The predicted molar refractivity (Wildman–Crippen MR) is 69.3 cm³/mol. The normalized spacial score (nSPS) is 13.1. The molecule has 0 unspecified atom stereocenters. The number of aromatic nitrogens is 2. The largest absolute Gasteiger partial charge is 0.390 e. The van der Waals surface area contributed by atoms with E-state index in [9.17, 15) is 5.11 Å². The molecule has 0 fully saturated rings. The van der Waals surface area contributed by atoms with Crippen LogP contribution in [0.5, 0.6) is 0 Å². The molecule has 1 rings (SSSR count). The first-order chi connectivity index (χ1) is 7.97. The second-order valence-corrected chi connectivity index (χ2v) is 5.27. The summed E-state index contributed by atoms with van der Waals surface area (Å²) in [5.41, 5.74) is 1.90. The Morgan fingerprint density at radius 3 is 2.41 bits per heavy atom. The summed E-state index contributed by atoms with van der Waals surface area (Å²) in [5.74, 6) is 0.551. The number of nitrogens with zero attached hydrogens (tertiary/aromatic N) is 2. The van der Waals surface area contributed by atoms with Crippen LogP contribution in [0, 0.1) is 13.8 Å². The van der Waals surface area contributed by atoms with Crippen molar-refractivity contribution in [3.05, 3.63) is 17.5 Å². The average molecular weight is 256 g/mol. The van der Waals surface area contributed by atoms with Gasteiger partial charge in [0.1, 0.15) is 0 Å². The summed E-state index contributed by atoms with van der Waals surface area (Å²) in [7, 11) is 0. The standard InChI is InChI=1S/C12H20N2O2S/c1-8(2)16-6-11(15)7-17-12-13-9(3)5-10(4)14-12/h5,8,11,15H,6-7H2,1-4H3/t11-/m1/s1. The van der Waals surface area contributed by atoms with E-state index >= 15 is 0 Å². The Kier molecular flexibility index (Phi) is 5.88. The third-order valence-corrected chi connectivity index (χ3v) is 2.98. The maximum atomic E-state index is 9.70. The number of aryl methyl sites for hydroxylation is 2. The fourth-order valence-corrected chi connectivity index (χ4v) is 2.14. The van der Waals surface area contributed by atoms with E-state index in [1.807, 2.05) is 33.8 Å². The molecule has 0 spiro atoms. The molecule has 17 heavy (non-hydrogen) atoms. The highest BCUT2D eigenvalue weighted by molar-refractivity contribution is 7.99. The first kappa shape index (κ1) is 14.4. The molecule has 0 bridgehead atoms. The minimum absolute atomic E-state index is 0.145. The van der Waals surface area contributed by atoms with E-state index < -0.39 is 6.10 Å². The fourth-order valence-electron chi connectivity index (χ4n) is 1.28. The number of aliphatic hydroxyl groups is 1. The molecule has 5 heteroatoms. The monoisotopic (exact) mass is 256 g/mol. The first-order valence-corrected chi connectivity index (χ1v) is 6.70. The Bertz CT molecular complexity index is 338. The third kappa shape index (κ3) is 6.00. The Labute approximate surface area is 107 Å². The van der Waals surface area contributed by atoms with Crippen molar-refractivity contribution in [1.82, 2.24) is 9.97 Å². The van der Waals surface area contributed by atoms with Crippen LogP contribution in [0.3, 0.4) is 0 Å². The topological polar surface area (TPSA) is 55.2 Å². The first-order valence-electron chi connectivity index (χ1n) is 5.72. The quantitative estimate of drug-likeness (QED) is 0.623. The molecule has 0 aliphatic carbocycles. The third-order valence-electron chi connectivity index (χ3n) is 1.99. The maximum Gasteiger partial charge on any atom is 0.188 e. The van der Waals surface area contributed by atoms with Gasteiger partial charge in [-0.3, -0.25) is 0 Å². The lowest BCUT2D eigenvalue weighted by molar-refractivity contribution is 0.0152. The van der Waals surface area contributed by atoms with E-state index in [0.717, 1.165) is 11.4 Å². The molecule has 0 aliphatic heterocycles. The smallest absolute Gasteiger partial charge is 0.188 e. The van der Waals surface area contributed by atoms with Gasteiger partial charge >= 0.3 is 0 Å². The van der Waals surface area contributed by atoms with Crippen LogP contribution in [-0.4, -0.2) is 39.6 Å². The van der Waals surface area contributed by atoms with Gasteiger partial charge in [-0.2, -0.15) is 0 Å². The maximum absolute atomic E-state index is 9.70. The molecule has 1 aromatic rings. The molecule has 96 valence electrons. The van der Waals surface area contributed by atoms with Gasteiger partial charge in [-0.25, -0.2) is 9.97 Å². The van der Waals surface area contributed by atoms with E-state index in [2.05, 4.69) is 9.97 Å². The zero-order valence-electron chi connectivity index (χ0n) is 10.8. The van der Waals surface area contributed by atoms with Crippen molar-refractivity contribution < 1.29 is 9.84 Å². The summed E-state index contributed by atoms with van der Waals surface area (Å²) >= 11 is 1.46. The lowest BCUT2D eigenvalue weighted by Crippen LogP contribution is -2.20. The number of ether oxygens (including phenoxy) is 1. The Balaban J connectivity index is 2.39. The lowest BCUT2D eigenvalue weighted by Gasteiger charge is -2.12. The van der Waals surface area contributed by atoms with E-state index in [4.69, 9.17) is 4.74 Å². The van der Waals surface area contributed by atoms with Gasteiger partial charge in [-0.05, 0) is 33.8 Å². The van der Waals surface area contributed by atoms with Crippen LogP contribution >= 0.6 is 11.8 Å². The van der Waals surface area contributed by atoms with Crippen molar-refractivity contribution in [3.63, 3.8) is 0 Å². The number of aliphatic hydroxyl groups excluding tert-OH is 1. The van der Waals surface area contributed by atoms with Crippen molar-refractivity contribution >= 4 is 11.8 Å². The summed E-state index contributed by atoms with van der Waals surface area (Å²) in [5, 5.41) is 10.4. The Morgan fingerprint density at radius 1 is 1.29 bits per heavy atom. The van der Waals surface area contributed by atoms with Crippen LogP contribution in [0.25, 0.3) is 0 Å². The molecule has 1 heterocycles. The molecule has 4 nitrogen and oxygen atoms in total. The van der Waals surface area contributed by atoms with Crippen LogP contribution in [0.2, 0.25) is 0 Å². The second kappa shape index (κ2) is 6.93. The predicted octanol–water partition coefficient (Wildman–Crippen LogP) is 1.97.